The van der Waals surface area contributed by atoms with Crippen LogP contribution >= 0.6 is 0 Å². The molecule has 0 spiro atoms. The summed E-state index contributed by atoms with van der Waals surface area (Å²) >= 11 is 0. The van der Waals surface area contributed by atoms with Crippen LogP contribution in [-0.4, -0.2) is 10.4 Å². The van der Waals surface area contributed by atoms with E-state index >= 15 is 0 Å². The fourth-order valence-electron chi connectivity index (χ4n) is 3.23. The zero-order valence-electron chi connectivity index (χ0n) is 13.0. The fraction of sp³-hybridized carbons (Fsp3) is 0.0952. The Balaban J connectivity index is 0.000000142. The summed E-state index contributed by atoms with van der Waals surface area (Å²) in [6.07, 6.45) is 0. The third-order valence-corrected chi connectivity index (χ3v) is 4.38. The molecule has 0 fully saturated rings. The van der Waals surface area contributed by atoms with E-state index in [0.29, 0.717) is 0 Å². The molecule has 2 nitrogen and oxygen atoms in total. The number of aromatic nitrogens is 1. The quantitative estimate of drug-likeness (QED) is 0.425. The highest BCUT2D eigenvalue weighted by atomic mass is 16.1. The first-order valence-electron chi connectivity index (χ1n) is 7.90. The molecular weight excluding hydrogens is 282 g/mol. The standard InChI is InChI=1S/C14H13N.C7H4O/c1-2-15-13-9-5-3-7-11(13)12-8-4-6-10-14(12)15;8-7-5-2-1-3-6(7)4-5/h3-10H,2H2,1H3;1-4H. The Labute approximate surface area is 135 Å². The number of rotatable bonds is 1. The van der Waals surface area contributed by atoms with Crippen molar-refractivity contribution in [1.29, 1.82) is 0 Å². The van der Waals surface area contributed by atoms with Gasteiger partial charge in [-0.1, -0.05) is 54.6 Å². The van der Waals surface area contributed by atoms with Gasteiger partial charge in [-0.15, -0.1) is 0 Å². The predicted octanol–water partition coefficient (Wildman–Crippen LogP) is 5.05. The molecule has 0 saturated heterocycles. The smallest absolute Gasteiger partial charge is 0.193 e. The molecule has 112 valence electrons. The molecule has 0 radical (unpaired) electrons. The number of carbonyl (C=O) groups excluding carboxylic acids is 1. The van der Waals surface area contributed by atoms with Gasteiger partial charge in [0.25, 0.3) is 0 Å². The van der Waals surface area contributed by atoms with Gasteiger partial charge in [-0.2, -0.15) is 0 Å². The summed E-state index contributed by atoms with van der Waals surface area (Å²) in [6.45, 7) is 3.22. The largest absolute Gasteiger partial charge is 0.341 e. The number of para-hydroxylation sites is 2. The van der Waals surface area contributed by atoms with Crippen LogP contribution in [0.4, 0.5) is 0 Å². The molecule has 0 amide bonds. The van der Waals surface area contributed by atoms with E-state index in [1.807, 2.05) is 24.3 Å². The molecule has 2 bridgehead atoms. The maximum Gasteiger partial charge on any atom is 0.193 e. The van der Waals surface area contributed by atoms with Crippen molar-refractivity contribution in [2.45, 2.75) is 13.5 Å². The van der Waals surface area contributed by atoms with Gasteiger partial charge < -0.3 is 4.57 Å². The minimum Gasteiger partial charge on any atom is -0.341 e. The molecular formula is C21H17NO. The topological polar surface area (TPSA) is 22.0 Å². The highest BCUT2D eigenvalue weighted by Crippen LogP contribution is 2.28. The van der Waals surface area contributed by atoms with E-state index in [1.54, 1.807) is 0 Å². The Hall–Kier alpha value is -2.87. The van der Waals surface area contributed by atoms with Gasteiger partial charge in [0.05, 0.1) is 0 Å². The van der Waals surface area contributed by atoms with E-state index in [9.17, 15) is 4.79 Å². The zero-order valence-corrected chi connectivity index (χ0v) is 13.0. The van der Waals surface area contributed by atoms with E-state index in [2.05, 4.69) is 60.0 Å². The van der Waals surface area contributed by atoms with Crippen molar-refractivity contribution in [2.24, 2.45) is 0 Å². The SMILES string of the molecule is CCn1c2ccccc2c2ccccc21.O=C1c2cccc1c2. The van der Waals surface area contributed by atoms with Crippen molar-refractivity contribution in [3.05, 3.63) is 83.9 Å². The summed E-state index contributed by atoms with van der Waals surface area (Å²) in [5.41, 5.74) is 4.37. The molecule has 0 atom stereocenters. The molecule has 2 aliphatic carbocycles. The number of carbonyl (C=O) groups is 1. The summed E-state index contributed by atoms with van der Waals surface area (Å²) in [5.74, 6) is 0.201. The number of ketones is 1. The van der Waals surface area contributed by atoms with Crippen molar-refractivity contribution in [1.82, 2.24) is 4.57 Å². The van der Waals surface area contributed by atoms with Crippen LogP contribution < -0.4 is 0 Å². The lowest BCUT2D eigenvalue weighted by Gasteiger charge is -2.10. The molecule has 23 heavy (non-hydrogen) atoms. The summed E-state index contributed by atoms with van der Waals surface area (Å²) in [6, 6.07) is 24.6. The lowest BCUT2D eigenvalue weighted by atomic mass is 9.92. The van der Waals surface area contributed by atoms with Crippen LogP contribution in [0.3, 0.4) is 0 Å². The van der Waals surface area contributed by atoms with Crippen LogP contribution in [0, 0.1) is 0 Å². The van der Waals surface area contributed by atoms with Crippen LogP contribution in [0.15, 0.2) is 72.8 Å². The van der Waals surface area contributed by atoms with Crippen molar-refractivity contribution < 1.29 is 4.79 Å². The van der Waals surface area contributed by atoms with Gasteiger partial charge in [0.15, 0.2) is 5.78 Å². The summed E-state index contributed by atoms with van der Waals surface area (Å²) in [5, 5.41) is 2.71. The molecule has 0 aliphatic heterocycles. The Bertz CT molecular complexity index is 944. The normalized spacial score (nSPS) is 12.0. The van der Waals surface area contributed by atoms with Gasteiger partial charge in [-0.25, -0.2) is 0 Å². The van der Waals surface area contributed by atoms with Crippen LogP contribution in [0.25, 0.3) is 21.8 Å². The summed E-state index contributed by atoms with van der Waals surface area (Å²) < 4.78 is 2.37. The van der Waals surface area contributed by atoms with Gasteiger partial charge in [0.2, 0.25) is 0 Å². The number of benzene rings is 3. The Morgan fingerprint density at radius 2 is 1.26 bits per heavy atom. The molecule has 6 rings (SSSR count). The third-order valence-electron chi connectivity index (χ3n) is 4.38. The molecule has 0 saturated carbocycles. The molecule has 2 aliphatic rings. The van der Waals surface area contributed by atoms with Crippen LogP contribution in [-0.2, 0) is 6.54 Å². The Morgan fingerprint density at radius 3 is 1.65 bits per heavy atom. The monoisotopic (exact) mass is 299 g/mol. The first-order valence-corrected chi connectivity index (χ1v) is 7.90. The number of hydrogen-bond donors (Lipinski definition) is 0. The van der Waals surface area contributed by atoms with Crippen LogP contribution in [0.1, 0.15) is 22.8 Å². The number of hydrogen-bond acceptors (Lipinski definition) is 1. The second-order valence-corrected chi connectivity index (χ2v) is 5.69. The predicted molar refractivity (Wildman–Crippen MR) is 95.0 cm³/mol. The lowest BCUT2D eigenvalue weighted by molar-refractivity contribution is 0.102. The van der Waals surface area contributed by atoms with E-state index in [1.165, 1.54) is 21.8 Å². The summed E-state index contributed by atoms with van der Waals surface area (Å²) in [7, 11) is 0. The highest BCUT2D eigenvalue weighted by molar-refractivity contribution is 6.16. The maximum absolute atomic E-state index is 10.7. The minimum atomic E-state index is 0.201. The maximum atomic E-state index is 10.7. The van der Waals surface area contributed by atoms with E-state index < -0.39 is 0 Å². The third kappa shape index (κ3) is 2.15. The average molecular weight is 299 g/mol. The van der Waals surface area contributed by atoms with Crippen molar-refractivity contribution in [2.75, 3.05) is 0 Å². The molecule has 2 heteroatoms. The number of fused-ring (bicyclic) bond motifs is 5. The fourth-order valence-corrected chi connectivity index (χ4v) is 3.23. The molecule has 1 heterocycles. The first kappa shape index (κ1) is 13.8. The molecule has 3 aromatic carbocycles. The van der Waals surface area contributed by atoms with Crippen LogP contribution in [0.5, 0.6) is 0 Å². The Kier molecular flexibility index (Phi) is 3.23. The molecule has 4 aromatic rings. The summed E-state index contributed by atoms with van der Waals surface area (Å²) in [4.78, 5) is 10.7. The number of nitrogens with zero attached hydrogens (tertiary/aromatic N) is 1. The molecule has 1 aromatic heterocycles. The molecule has 0 N–H and O–H groups in total. The van der Waals surface area contributed by atoms with Crippen molar-refractivity contribution in [3.8, 4) is 0 Å². The Morgan fingerprint density at radius 1 is 0.739 bits per heavy atom. The van der Waals surface area contributed by atoms with Crippen LogP contribution in [0.2, 0.25) is 0 Å². The van der Waals surface area contributed by atoms with Crippen molar-refractivity contribution >= 4 is 27.6 Å². The zero-order chi connectivity index (χ0) is 15.8. The van der Waals surface area contributed by atoms with E-state index in [-0.39, 0.29) is 5.78 Å². The second kappa shape index (κ2) is 5.40. The van der Waals surface area contributed by atoms with E-state index in [0.717, 1.165) is 17.7 Å². The van der Waals surface area contributed by atoms with Crippen molar-refractivity contribution in [3.63, 3.8) is 0 Å². The van der Waals surface area contributed by atoms with Gasteiger partial charge in [0.1, 0.15) is 0 Å². The first-order chi connectivity index (χ1) is 11.3. The van der Waals surface area contributed by atoms with Gasteiger partial charge >= 0.3 is 0 Å². The lowest BCUT2D eigenvalue weighted by Crippen LogP contribution is -2.10. The van der Waals surface area contributed by atoms with E-state index in [4.69, 9.17) is 0 Å². The van der Waals surface area contributed by atoms with Gasteiger partial charge in [0, 0.05) is 39.5 Å². The highest BCUT2D eigenvalue weighted by Gasteiger charge is 2.17. The van der Waals surface area contributed by atoms with Gasteiger partial charge in [-0.3, -0.25) is 4.79 Å². The molecule has 0 unspecified atom stereocenters. The second-order valence-electron chi connectivity index (χ2n) is 5.69. The van der Waals surface area contributed by atoms with Gasteiger partial charge in [-0.05, 0) is 25.1 Å². The minimum absolute atomic E-state index is 0.201. The average Bonchev–Trinajstić information content (AvgIpc) is 2.96. The number of aryl methyl sites for hydroxylation is 1.